The van der Waals surface area contributed by atoms with E-state index >= 15 is 0 Å². The fourth-order valence-corrected chi connectivity index (χ4v) is 2.43. The second kappa shape index (κ2) is 5.31. The van der Waals surface area contributed by atoms with E-state index in [1.54, 1.807) is 0 Å². The number of β-amino-alcohol motifs (C(OH)–C–C–N with tert-alkyl or cyclic N) is 1. The number of hydrogen-bond donors (Lipinski definition) is 1. The van der Waals surface area contributed by atoms with Gasteiger partial charge < -0.3 is 10.0 Å². The molecule has 1 aliphatic rings. The zero-order valence-electron chi connectivity index (χ0n) is 10.8. The van der Waals surface area contributed by atoms with Crippen molar-refractivity contribution in [3.63, 3.8) is 0 Å². The number of aliphatic hydroxyl groups excluding tert-OH is 1. The topological polar surface area (TPSA) is 23.5 Å². The molecule has 0 aromatic carbocycles. The van der Waals surface area contributed by atoms with Gasteiger partial charge in [0.2, 0.25) is 0 Å². The van der Waals surface area contributed by atoms with Gasteiger partial charge in [-0.25, -0.2) is 0 Å². The van der Waals surface area contributed by atoms with Crippen molar-refractivity contribution in [3.05, 3.63) is 0 Å². The molecular formula is C13H27NO. The van der Waals surface area contributed by atoms with Crippen molar-refractivity contribution in [2.24, 2.45) is 11.3 Å². The number of hydrogen-bond acceptors (Lipinski definition) is 2. The third-order valence-electron chi connectivity index (χ3n) is 3.59. The maximum absolute atomic E-state index is 9.76. The Morgan fingerprint density at radius 2 is 2.07 bits per heavy atom. The van der Waals surface area contributed by atoms with E-state index in [0.717, 1.165) is 25.3 Å². The highest BCUT2D eigenvalue weighted by atomic mass is 16.3. The molecule has 0 amide bonds. The quantitative estimate of drug-likeness (QED) is 0.775. The Bertz CT molecular complexity index is 185. The predicted molar refractivity (Wildman–Crippen MR) is 64.9 cm³/mol. The first-order valence-corrected chi connectivity index (χ1v) is 6.34. The Morgan fingerprint density at radius 3 is 2.53 bits per heavy atom. The van der Waals surface area contributed by atoms with Crippen LogP contribution < -0.4 is 0 Å². The van der Waals surface area contributed by atoms with Gasteiger partial charge in [0.1, 0.15) is 0 Å². The van der Waals surface area contributed by atoms with Gasteiger partial charge >= 0.3 is 0 Å². The summed E-state index contributed by atoms with van der Waals surface area (Å²) in [6.07, 6.45) is 3.20. The van der Waals surface area contributed by atoms with E-state index in [4.69, 9.17) is 0 Å². The number of likely N-dealkylation sites (tertiary alicyclic amines) is 1. The van der Waals surface area contributed by atoms with Crippen molar-refractivity contribution in [1.29, 1.82) is 0 Å². The van der Waals surface area contributed by atoms with Crippen LogP contribution in [0, 0.1) is 11.3 Å². The normalized spacial score (nSPS) is 25.8. The maximum Gasteiger partial charge on any atom is 0.0667 e. The lowest BCUT2D eigenvalue weighted by Crippen LogP contribution is -2.32. The SMILES string of the molecule is CCCC(O)CN1CCC(C(C)(C)C)C1. The van der Waals surface area contributed by atoms with Crippen LogP contribution in [0.1, 0.15) is 47.0 Å². The van der Waals surface area contributed by atoms with E-state index in [2.05, 4.69) is 32.6 Å². The lowest BCUT2D eigenvalue weighted by molar-refractivity contribution is 0.110. The van der Waals surface area contributed by atoms with Gasteiger partial charge in [-0.2, -0.15) is 0 Å². The summed E-state index contributed by atoms with van der Waals surface area (Å²) in [6, 6.07) is 0. The van der Waals surface area contributed by atoms with Gasteiger partial charge in [0.15, 0.2) is 0 Å². The van der Waals surface area contributed by atoms with Gasteiger partial charge in [-0.1, -0.05) is 34.1 Å². The van der Waals surface area contributed by atoms with Gasteiger partial charge in [0.05, 0.1) is 6.10 Å². The first-order chi connectivity index (χ1) is 6.93. The molecule has 1 rings (SSSR count). The lowest BCUT2D eigenvalue weighted by Gasteiger charge is -2.27. The minimum absolute atomic E-state index is 0.117. The van der Waals surface area contributed by atoms with E-state index in [-0.39, 0.29) is 6.10 Å². The van der Waals surface area contributed by atoms with Gasteiger partial charge in [0, 0.05) is 13.1 Å². The molecule has 0 aromatic rings. The fourth-order valence-electron chi connectivity index (χ4n) is 2.43. The van der Waals surface area contributed by atoms with Crippen LogP contribution in [0.3, 0.4) is 0 Å². The van der Waals surface area contributed by atoms with Crippen molar-refractivity contribution in [1.82, 2.24) is 4.90 Å². The van der Waals surface area contributed by atoms with Crippen molar-refractivity contribution < 1.29 is 5.11 Å². The van der Waals surface area contributed by atoms with E-state index in [0.29, 0.717) is 5.41 Å². The Kier molecular flexibility index (Phi) is 4.60. The summed E-state index contributed by atoms with van der Waals surface area (Å²) in [5.41, 5.74) is 0.421. The summed E-state index contributed by atoms with van der Waals surface area (Å²) in [7, 11) is 0. The Morgan fingerprint density at radius 1 is 1.40 bits per heavy atom. The molecule has 0 aliphatic carbocycles. The van der Waals surface area contributed by atoms with Crippen LogP contribution >= 0.6 is 0 Å². The number of nitrogens with zero attached hydrogens (tertiary/aromatic N) is 1. The first-order valence-electron chi connectivity index (χ1n) is 6.34. The summed E-state index contributed by atoms with van der Waals surface area (Å²) in [4.78, 5) is 2.43. The minimum atomic E-state index is -0.117. The summed E-state index contributed by atoms with van der Waals surface area (Å²) in [5.74, 6) is 0.798. The fraction of sp³-hybridized carbons (Fsp3) is 1.00. The van der Waals surface area contributed by atoms with Gasteiger partial charge in [-0.3, -0.25) is 0 Å². The molecule has 15 heavy (non-hydrogen) atoms. The van der Waals surface area contributed by atoms with Crippen LogP contribution in [0.5, 0.6) is 0 Å². The minimum Gasteiger partial charge on any atom is -0.392 e. The van der Waals surface area contributed by atoms with Crippen LogP contribution in [0.25, 0.3) is 0 Å². The van der Waals surface area contributed by atoms with Crippen LogP contribution in [0.2, 0.25) is 0 Å². The van der Waals surface area contributed by atoms with Crippen LogP contribution in [0.4, 0.5) is 0 Å². The molecule has 2 atom stereocenters. The molecule has 1 aliphatic heterocycles. The Balaban J connectivity index is 2.30. The smallest absolute Gasteiger partial charge is 0.0667 e. The number of aliphatic hydroxyl groups is 1. The standard InChI is InChI=1S/C13H27NO/c1-5-6-12(15)10-14-8-7-11(9-14)13(2,3)4/h11-12,15H,5-10H2,1-4H3. The van der Waals surface area contributed by atoms with E-state index in [1.165, 1.54) is 19.5 Å². The second-order valence-corrected chi connectivity index (χ2v) is 6.05. The summed E-state index contributed by atoms with van der Waals surface area (Å²) < 4.78 is 0. The molecule has 1 fully saturated rings. The zero-order chi connectivity index (χ0) is 11.5. The third kappa shape index (κ3) is 4.12. The van der Waals surface area contributed by atoms with Gasteiger partial charge in [0.25, 0.3) is 0 Å². The molecule has 1 heterocycles. The Labute approximate surface area is 94.7 Å². The third-order valence-corrected chi connectivity index (χ3v) is 3.59. The molecule has 1 saturated heterocycles. The van der Waals surface area contributed by atoms with E-state index < -0.39 is 0 Å². The van der Waals surface area contributed by atoms with Crippen LogP contribution in [-0.4, -0.2) is 35.7 Å². The van der Waals surface area contributed by atoms with Crippen molar-refractivity contribution in [2.75, 3.05) is 19.6 Å². The molecule has 0 radical (unpaired) electrons. The van der Waals surface area contributed by atoms with Crippen LogP contribution in [-0.2, 0) is 0 Å². The van der Waals surface area contributed by atoms with E-state index in [9.17, 15) is 5.11 Å². The van der Waals surface area contributed by atoms with Crippen LogP contribution in [0.15, 0.2) is 0 Å². The molecule has 0 bridgehead atoms. The average Bonchev–Trinajstić information content (AvgIpc) is 2.52. The molecule has 0 spiro atoms. The molecule has 1 N–H and O–H groups in total. The molecule has 2 unspecified atom stereocenters. The molecule has 0 aromatic heterocycles. The predicted octanol–water partition coefficient (Wildman–Crippen LogP) is 2.52. The van der Waals surface area contributed by atoms with Crippen molar-refractivity contribution in [3.8, 4) is 0 Å². The summed E-state index contributed by atoms with van der Waals surface area (Å²) in [6.45, 7) is 12.3. The van der Waals surface area contributed by atoms with Crippen molar-refractivity contribution >= 4 is 0 Å². The zero-order valence-corrected chi connectivity index (χ0v) is 10.8. The molecule has 2 heteroatoms. The van der Waals surface area contributed by atoms with Gasteiger partial charge in [-0.05, 0) is 30.7 Å². The highest BCUT2D eigenvalue weighted by Gasteiger charge is 2.31. The first kappa shape index (κ1) is 13.0. The largest absolute Gasteiger partial charge is 0.392 e. The van der Waals surface area contributed by atoms with Crippen molar-refractivity contribution in [2.45, 2.75) is 53.1 Å². The second-order valence-electron chi connectivity index (χ2n) is 6.05. The molecule has 0 saturated carbocycles. The summed E-state index contributed by atoms with van der Waals surface area (Å²) in [5, 5.41) is 9.76. The van der Waals surface area contributed by atoms with Gasteiger partial charge in [-0.15, -0.1) is 0 Å². The molecule has 2 nitrogen and oxygen atoms in total. The molecule has 90 valence electrons. The monoisotopic (exact) mass is 213 g/mol. The Hall–Kier alpha value is -0.0800. The molecular weight excluding hydrogens is 186 g/mol. The highest BCUT2D eigenvalue weighted by Crippen LogP contribution is 2.33. The highest BCUT2D eigenvalue weighted by molar-refractivity contribution is 4.84. The lowest BCUT2D eigenvalue weighted by atomic mass is 9.80. The number of rotatable bonds is 4. The average molecular weight is 213 g/mol. The summed E-state index contributed by atoms with van der Waals surface area (Å²) >= 11 is 0. The maximum atomic E-state index is 9.76. The van der Waals surface area contributed by atoms with E-state index in [1.807, 2.05) is 0 Å².